The predicted molar refractivity (Wildman–Crippen MR) is 219 cm³/mol. The Hall–Kier alpha value is -3.73. The molecule has 1 aromatic carbocycles. The van der Waals surface area contributed by atoms with Gasteiger partial charge in [0.15, 0.2) is 6.29 Å². The number of carbonyl (C=O) groups is 4. The minimum absolute atomic E-state index is 0.00492. The molecule has 5 heterocycles. The van der Waals surface area contributed by atoms with E-state index in [0.29, 0.717) is 18.4 Å². The molecular weight excluding hydrogens is 775 g/mol. The molecule has 2 bridgehead atoms. The molecule has 1 amide bonds. The van der Waals surface area contributed by atoms with E-state index in [4.69, 9.17) is 33.2 Å². The van der Waals surface area contributed by atoms with E-state index in [9.17, 15) is 24.3 Å². The molecule has 4 aliphatic rings. The number of pyridine rings is 1. The summed E-state index contributed by atoms with van der Waals surface area (Å²) in [4.78, 5) is 61.7. The first-order valence-corrected chi connectivity index (χ1v) is 21.5. The van der Waals surface area contributed by atoms with Crippen molar-refractivity contribution in [3.63, 3.8) is 0 Å². The van der Waals surface area contributed by atoms with E-state index in [1.807, 2.05) is 83.9 Å². The number of rotatable bonds is 7. The molecule has 15 atom stereocenters. The van der Waals surface area contributed by atoms with Gasteiger partial charge in [-0.3, -0.25) is 19.4 Å². The highest BCUT2D eigenvalue weighted by atomic mass is 16.7. The van der Waals surface area contributed by atoms with Gasteiger partial charge in [0.1, 0.15) is 30.2 Å². The molecule has 4 aliphatic heterocycles. The van der Waals surface area contributed by atoms with Crippen LogP contribution in [0.4, 0.5) is 4.79 Å². The number of para-hydroxylation sites is 1. The van der Waals surface area contributed by atoms with E-state index in [0.717, 1.165) is 10.9 Å². The number of aromatic nitrogens is 1. The second-order valence-corrected chi connectivity index (χ2v) is 18.3. The summed E-state index contributed by atoms with van der Waals surface area (Å²) in [6, 6.07) is 8.53. The van der Waals surface area contributed by atoms with Gasteiger partial charge in [-0.2, -0.15) is 0 Å². The lowest BCUT2D eigenvalue weighted by Crippen LogP contribution is -2.60. The number of fused-ring (bicyclic) bond motifs is 5. The molecule has 0 aliphatic carbocycles. The zero-order valence-electron chi connectivity index (χ0n) is 36.8. The van der Waals surface area contributed by atoms with Crippen LogP contribution in [-0.4, -0.2) is 126 Å². The summed E-state index contributed by atoms with van der Waals surface area (Å²) < 4.78 is 44.6. The molecule has 60 heavy (non-hydrogen) atoms. The number of ketones is 1. The fourth-order valence-corrected chi connectivity index (χ4v) is 10.1. The van der Waals surface area contributed by atoms with E-state index in [1.54, 1.807) is 27.0 Å². The summed E-state index contributed by atoms with van der Waals surface area (Å²) in [6.45, 7) is 14.4. The average molecular weight is 840 g/mol. The quantitative estimate of drug-likeness (QED) is 0.282. The summed E-state index contributed by atoms with van der Waals surface area (Å²) in [7, 11) is 3.78. The van der Waals surface area contributed by atoms with Crippen LogP contribution in [0.25, 0.3) is 10.9 Å². The van der Waals surface area contributed by atoms with Crippen LogP contribution < -0.4 is 5.32 Å². The third-order valence-corrected chi connectivity index (χ3v) is 13.4. The van der Waals surface area contributed by atoms with E-state index >= 15 is 0 Å². The third-order valence-electron chi connectivity index (χ3n) is 13.4. The number of hydrogen-bond donors (Lipinski definition) is 2. The predicted octanol–water partition coefficient (Wildman–Crippen LogP) is 4.98. The van der Waals surface area contributed by atoms with Gasteiger partial charge >= 0.3 is 18.0 Å². The Balaban J connectivity index is 1.36. The molecule has 332 valence electrons. The van der Waals surface area contributed by atoms with Gasteiger partial charge in [0.05, 0.1) is 61.0 Å². The summed E-state index contributed by atoms with van der Waals surface area (Å²) in [5.41, 5.74) is -0.995. The first kappa shape index (κ1) is 45.8. The van der Waals surface area contributed by atoms with Crippen LogP contribution in [0, 0.1) is 29.6 Å². The maximum atomic E-state index is 14.6. The number of nitrogens with one attached hydrogen (secondary N) is 1. The Bertz CT molecular complexity index is 1860. The lowest BCUT2D eigenvalue weighted by atomic mass is 9.70. The number of benzene rings is 1. The fraction of sp³-hybridized carbons (Fsp3) is 0.711. The second-order valence-electron chi connectivity index (χ2n) is 18.3. The largest absolute Gasteiger partial charge is 0.458 e. The maximum Gasteiger partial charge on any atom is 0.407 e. The van der Waals surface area contributed by atoms with Crippen molar-refractivity contribution in [2.75, 3.05) is 27.3 Å². The average Bonchev–Trinajstić information content (AvgIpc) is 3.54. The van der Waals surface area contributed by atoms with Crippen molar-refractivity contribution in [3.8, 4) is 0 Å². The summed E-state index contributed by atoms with van der Waals surface area (Å²) in [5, 5.41) is 15.5. The van der Waals surface area contributed by atoms with Gasteiger partial charge in [0, 0.05) is 46.9 Å². The van der Waals surface area contributed by atoms with Crippen LogP contribution in [0.5, 0.6) is 0 Å². The van der Waals surface area contributed by atoms with E-state index < -0.39 is 95.6 Å². The van der Waals surface area contributed by atoms with Crippen LogP contribution >= 0.6 is 0 Å². The third kappa shape index (κ3) is 9.66. The van der Waals surface area contributed by atoms with Gasteiger partial charge in [0.25, 0.3) is 0 Å². The number of amides is 1. The van der Waals surface area contributed by atoms with E-state index in [-0.39, 0.29) is 50.6 Å². The standard InChI is InChI=1S/C45H65N3O12/c1-11-35-45(8)32(18-36(49)60-45)26(4)37(50)24(2)19-44(7)40(59-42-38(51)34(48(9)10)16-25(3)57-42)27(5)39(28(6)41(52)58-35)54-22-31(23-56-44)47-43(53)55-21-29-17-30-14-12-13-15-33(30)46-20-29/h12-15,17,20,24-28,31-32,34-35,38-40,42,51H,11,16,18-19,21-23H2,1-10H3,(H,47,53)/t24-,25-,26-,27+,28-,31?,32+,34+,35-,38-,39+,40-,42+,44-,45+/m1/s1. The molecule has 4 fully saturated rings. The Morgan fingerprint density at radius 2 is 1.78 bits per heavy atom. The molecule has 0 spiro atoms. The zero-order valence-corrected chi connectivity index (χ0v) is 36.8. The number of likely N-dealkylation sites (N-methyl/N-ethyl adjacent to an activating group) is 1. The summed E-state index contributed by atoms with van der Waals surface area (Å²) in [5.74, 6) is -4.52. The molecule has 2 N–H and O–H groups in total. The number of cyclic esters (lactones) is 1. The lowest BCUT2D eigenvalue weighted by molar-refractivity contribution is -0.302. The number of aliphatic hydroxyl groups excluding tert-OH is 1. The Kier molecular flexibility index (Phi) is 14.3. The lowest BCUT2D eigenvalue weighted by Gasteiger charge is -2.48. The molecule has 1 aromatic heterocycles. The fourth-order valence-electron chi connectivity index (χ4n) is 10.1. The number of hydrogen-bond acceptors (Lipinski definition) is 14. The minimum atomic E-state index is -1.29. The van der Waals surface area contributed by atoms with Crippen LogP contribution in [0.2, 0.25) is 0 Å². The monoisotopic (exact) mass is 839 g/mol. The Morgan fingerprint density at radius 1 is 1.05 bits per heavy atom. The van der Waals surface area contributed by atoms with Crippen LogP contribution in [0.15, 0.2) is 36.5 Å². The van der Waals surface area contributed by atoms with Gasteiger partial charge in [0.2, 0.25) is 0 Å². The van der Waals surface area contributed by atoms with Crippen molar-refractivity contribution < 1.29 is 57.4 Å². The Labute approximate surface area is 353 Å². The second kappa shape index (κ2) is 18.7. The number of aliphatic hydroxyl groups is 1. The molecule has 4 saturated heterocycles. The van der Waals surface area contributed by atoms with Crippen LogP contribution in [0.3, 0.4) is 0 Å². The smallest absolute Gasteiger partial charge is 0.407 e. The van der Waals surface area contributed by atoms with E-state index in [2.05, 4.69) is 10.3 Å². The topological polar surface area (TPSA) is 181 Å². The maximum absolute atomic E-state index is 14.6. The molecule has 0 saturated carbocycles. The molecule has 15 nitrogen and oxygen atoms in total. The van der Waals surface area contributed by atoms with Gasteiger partial charge in [-0.25, -0.2) is 4.79 Å². The SMILES string of the molecule is CC[C@H]1OC(=O)[C@H](C)[C@H]2OCC(NC(=O)OCc3cnc4ccccc4c3)CO[C@](C)(C[C@@H](C)C(=O)[C@H](C)[C@@H]3CC(=O)O[C@]13C)[C@H](O[C@@H]1O[C@H](C)C[C@H](N(C)C)[C@H]1O)[C@H]2C. The minimum Gasteiger partial charge on any atom is -0.458 e. The highest BCUT2D eigenvalue weighted by molar-refractivity contribution is 5.85. The molecule has 6 rings (SSSR count). The van der Waals surface area contributed by atoms with Gasteiger partial charge in [-0.1, -0.05) is 45.9 Å². The first-order chi connectivity index (χ1) is 28.3. The molecule has 2 aromatic rings. The molecule has 1 unspecified atom stereocenters. The van der Waals surface area contributed by atoms with Gasteiger partial charge < -0.3 is 48.5 Å². The molecule has 15 heteroatoms. The highest BCUT2D eigenvalue weighted by Gasteiger charge is 2.57. The Morgan fingerprint density at radius 3 is 2.50 bits per heavy atom. The van der Waals surface area contributed by atoms with E-state index in [1.165, 1.54) is 0 Å². The number of alkyl carbamates (subject to hydrolysis) is 1. The number of esters is 2. The first-order valence-electron chi connectivity index (χ1n) is 21.5. The van der Waals surface area contributed by atoms with Crippen molar-refractivity contribution in [3.05, 3.63) is 42.1 Å². The van der Waals surface area contributed by atoms with Crippen LogP contribution in [0.1, 0.15) is 86.6 Å². The number of ether oxygens (including phenoxy) is 7. The van der Waals surface area contributed by atoms with Crippen molar-refractivity contribution in [1.29, 1.82) is 0 Å². The van der Waals surface area contributed by atoms with Crippen molar-refractivity contribution in [2.24, 2.45) is 29.6 Å². The summed E-state index contributed by atoms with van der Waals surface area (Å²) >= 11 is 0. The van der Waals surface area contributed by atoms with Crippen molar-refractivity contribution >= 4 is 34.7 Å². The van der Waals surface area contributed by atoms with Gasteiger partial charge in [-0.05, 0) is 73.2 Å². The normalized spacial score (nSPS) is 39.5. The molecular formula is C45H65N3O12. The van der Waals surface area contributed by atoms with Crippen molar-refractivity contribution in [2.45, 2.75) is 148 Å². The molecule has 0 radical (unpaired) electrons. The van der Waals surface area contributed by atoms with Crippen LogP contribution in [-0.2, 0) is 54.1 Å². The van der Waals surface area contributed by atoms with Crippen molar-refractivity contribution in [1.82, 2.24) is 15.2 Å². The number of Topliss-reactive ketones (excluding diaryl/α,β-unsaturated/α-hetero) is 1. The number of carbonyl (C=O) groups excluding carboxylic acids is 4. The zero-order chi connectivity index (χ0) is 43.7. The number of nitrogens with zero attached hydrogens (tertiary/aromatic N) is 2. The van der Waals surface area contributed by atoms with Gasteiger partial charge in [-0.15, -0.1) is 0 Å². The summed E-state index contributed by atoms with van der Waals surface area (Å²) in [6.07, 6.45) is -3.05. The highest BCUT2D eigenvalue weighted by Crippen LogP contribution is 2.46.